The third-order valence-electron chi connectivity index (χ3n) is 2.01. The minimum absolute atomic E-state index is 0.00162. The molecule has 0 amide bonds. The van der Waals surface area contributed by atoms with Crippen LogP contribution in [0.1, 0.15) is 40.0 Å². The third kappa shape index (κ3) is 2.98. The Hall–Kier alpha value is -1.12. The molecule has 0 aromatic rings. The summed E-state index contributed by atoms with van der Waals surface area (Å²) in [5.41, 5.74) is 0.191. The summed E-state index contributed by atoms with van der Waals surface area (Å²) in [7, 11) is 0. The Bertz CT molecular complexity index is 295. The lowest BCUT2D eigenvalue weighted by Crippen LogP contribution is -2.16. The summed E-state index contributed by atoms with van der Waals surface area (Å²) in [6.07, 6.45) is 3.38. The summed E-state index contributed by atoms with van der Waals surface area (Å²) >= 11 is 0. The van der Waals surface area contributed by atoms with Gasteiger partial charge in [-0.05, 0) is 27.2 Å². The first kappa shape index (κ1) is 11.0. The second-order valence-electron chi connectivity index (χ2n) is 4.57. The number of hydrogen-bond donors (Lipinski definition) is 1. The van der Waals surface area contributed by atoms with E-state index in [1.165, 1.54) is 6.21 Å². The second kappa shape index (κ2) is 3.95. The largest absolute Gasteiger partial charge is 0.512 e. The van der Waals surface area contributed by atoms with Gasteiger partial charge in [0.25, 0.3) is 0 Å². The van der Waals surface area contributed by atoms with Crippen LogP contribution in [0.4, 0.5) is 0 Å². The van der Waals surface area contributed by atoms with Crippen LogP contribution >= 0.6 is 0 Å². The van der Waals surface area contributed by atoms with E-state index in [4.69, 9.17) is 0 Å². The monoisotopic (exact) mass is 195 g/mol. The number of carbonyl (C=O) groups is 1. The number of Topliss-reactive ketones (excluding diaryl/α,β-unsaturated/α-hetero) is 1. The topological polar surface area (TPSA) is 49.7 Å². The van der Waals surface area contributed by atoms with Crippen molar-refractivity contribution >= 4 is 12.0 Å². The maximum absolute atomic E-state index is 11.4. The summed E-state index contributed by atoms with van der Waals surface area (Å²) in [4.78, 5) is 15.6. The van der Waals surface area contributed by atoms with Gasteiger partial charge in [0.1, 0.15) is 5.76 Å². The summed E-state index contributed by atoms with van der Waals surface area (Å²) in [5.74, 6) is 0.191. The van der Waals surface area contributed by atoms with Gasteiger partial charge in [0, 0.05) is 19.1 Å². The van der Waals surface area contributed by atoms with E-state index in [1.54, 1.807) is 0 Å². The minimum Gasteiger partial charge on any atom is -0.512 e. The van der Waals surface area contributed by atoms with Crippen molar-refractivity contribution in [1.29, 1.82) is 0 Å². The number of hydrogen-bond acceptors (Lipinski definition) is 3. The fourth-order valence-corrected chi connectivity index (χ4v) is 1.25. The molecular weight excluding hydrogens is 178 g/mol. The predicted molar refractivity (Wildman–Crippen MR) is 56.8 cm³/mol. The molecule has 14 heavy (non-hydrogen) atoms. The predicted octanol–water partition coefficient (Wildman–Crippen LogP) is 2.42. The Morgan fingerprint density at radius 3 is 2.50 bits per heavy atom. The van der Waals surface area contributed by atoms with Crippen molar-refractivity contribution in [1.82, 2.24) is 0 Å². The Labute approximate surface area is 84.5 Å². The molecule has 0 radical (unpaired) electrons. The molecule has 1 rings (SSSR count). The van der Waals surface area contributed by atoms with Crippen LogP contribution in [0.25, 0.3) is 0 Å². The van der Waals surface area contributed by atoms with Gasteiger partial charge in [-0.25, -0.2) is 0 Å². The molecule has 0 spiro atoms. The van der Waals surface area contributed by atoms with Gasteiger partial charge in [0.05, 0.1) is 11.1 Å². The average Bonchev–Trinajstić information content (AvgIpc) is 2.01. The number of aliphatic hydroxyl groups excluding tert-OH is 1. The van der Waals surface area contributed by atoms with E-state index >= 15 is 0 Å². The maximum Gasteiger partial charge on any atom is 0.167 e. The van der Waals surface area contributed by atoms with Gasteiger partial charge in [-0.15, -0.1) is 0 Å². The van der Waals surface area contributed by atoms with E-state index in [1.807, 2.05) is 20.8 Å². The van der Waals surface area contributed by atoms with E-state index in [0.717, 1.165) is 6.42 Å². The first-order valence-electron chi connectivity index (χ1n) is 4.91. The number of rotatable bonds is 1. The molecule has 1 aliphatic rings. The Morgan fingerprint density at radius 2 is 2.00 bits per heavy atom. The van der Waals surface area contributed by atoms with E-state index in [0.29, 0.717) is 18.4 Å². The molecule has 78 valence electrons. The first-order chi connectivity index (χ1) is 6.40. The van der Waals surface area contributed by atoms with Crippen LogP contribution in [-0.4, -0.2) is 22.6 Å². The highest BCUT2D eigenvalue weighted by molar-refractivity contribution is 6.14. The highest BCUT2D eigenvalue weighted by Crippen LogP contribution is 2.19. The highest BCUT2D eigenvalue weighted by Gasteiger charge is 2.19. The van der Waals surface area contributed by atoms with Gasteiger partial charge in [0.15, 0.2) is 5.78 Å². The molecule has 1 N–H and O–H groups in total. The number of allylic oxidation sites excluding steroid dienone is 2. The summed E-state index contributed by atoms with van der Waals surface area (Å²) in [5, 5.41) is 9.50. The van der Waals surface area contributed by atoms with Crippen molar-refractivity contribution in [3.05, 3.63) is 11.3 Å². The normalized spacial score (nSPS) is 19.5. The number of ketones is 1. The minimum atomic E-state index is -0.203. The standard InChI is InChI=1S/C11H17NO2/c1-11(2,3)12-7-8-9(13)5-4-6-10(8)14/h7,13H,4-6H2,1-3H3. The average molecular weight is 195 g/mol. The molecule has 0 aliphatic heterocycles. The Kier molecular flexibility index (Phi) is 3.09. The van der Waals surface area contributed by atoms with Crippen LogP contribution in [0.5, 0.6) is 0 Å². The Balaban J connectivity index is 2.86. The van der Waals surface area contributed by atoms with Crippen molar-refractivity contribution in [2.24, 2.45) is 4.99 Å². The zero-order chi connectivity index (χ0) is 10.8. The van der Waals surface area contributed by atoms with E-state index < -0.39 is 0 Å². The molecule has 0 atom stereocenters. The number of nitrogens with zero attached hydrogens (tertiary/aromatic N) is 1. The summed E-state index contributed by atoms with van der Waals surface area (Å²) in [6.45, 7) is 5.86. The quantitative estimate of drug-likeness (QED) is 0.653. The molecule has 0 unspecified atom stereocenters. The van der Waals surface area contributed by atoms with Crippen molar-refractivity contribution in [2.45, 2.75) is 45.6 Å². The maximum atomic E-state index is 11.4. The third-order valence-corrected chi connectivity index (χ3v) is 2.01. The number of aliphatic hydroxyl groups is 1. The van der Waals surface area contributed by atoms with Crippen LogP contribution in [0, 0.1) is 0 Å². The molecule has 0 aromatic heterocycles. The zero-order valence-corrected chi connectivity index (χ0v) is 9.00. The van der Waals surface area contributed by atoms with Gasteiger partial charge in [-0.2, -0.15) is 0 Å². The SMILES string of the molecule is CC(C)(C)N=CC1=C(O)CCCC1=O. The van der Waals surface area contributed by atoms with Gasteiger partial charge in [0.2, 0.25) is 0 Å². The van der Waals surface area contributed by atoms with Gasteiger partial charge >= 0.3 is 0 Å². The molecule has 1 aliphatic carbocycles. The molecule has 0 aromatic carbocycles. The molecule has 3 heteroatoms. The molecule has 3 nitrogen and oxygen atoms in total. The highest BCUT2D eigenvalue weighted by atomic mass is 16.3. The smallest absolute Gasteiger partial charge is 0.167 e. The van der Waals surface area contributed by atoms with Crippen molar-refractivity contribution in [2.75, 3.05) is 0 Å². The summed E-state index contributed by atoms with van der Waals surface area (Å²) in [6, 6.07) is 0. The van der Waals surface area contributed by atoms with E-state index in [9.17, 15) is 9.90 Å². The fourth-order valence-electron chi connectivity index (χ4n) is 1.25. The van der Waals surface area contributed by atoms with Crippen LogP contribution in [0.3, 0.4) is 0 Å². The zero-order valence-electron chi connectivity index (χ0n) is 9.00. The summed E-state index contributed by atoms with van der Waals surface area (Å²) < 4.78 is 0. The molecule has 0 saturated carbocycles. The first-order valence-corrected chi connectivity index (χ1v) is 4.91. The fraction of sp³-hybridized carbons (Fsp3) is 0.636. The number of aliphatic imine (C=N–C) groups is 1. The van der Waals surface area contributed by atoms with Crippen molar-refractivity contribution in [3.8, 4) is 0 Å². The lowest BCUT2D eigenvalue weighted by molar-refractivity contribution is -0.115. The van der Waals surface area contributed by atoms with Gasteiger partial charge in [-0.1, -0.05) is 0 Å². The number of carbonyl (C=O) groups excluding carboxylic acids is 1. The second-order valence-corrected chi connectivity index (χ2v) is 4.57. The van der Waals surface area contributed by atoms with Crippen LogP contribution in [0.15, 0.2) is 16.3 Å². The molecule has 0 fully saturated rings. The van der Waals surface area contributed by atoms with E-state index in [-0.39, 0.29) is 17.1 Å². The van der Waals surface area contributed by atoms with Crippen LogP contribution < -0.4 is 0 Å². The molecule has 0 heterocycles. The molecule has 0 saturated heterocycles. The van der Waals surface area contributed by atoms with Crippen LogP contribution in [0.2, 0.25) is 0 Å². The van der Waals surface area contributed by atoms with Crippen LogP contribution in [-0.2, 0) is 4.79 Å². The lowest BCUT2D eigenvalue weighted by atomic mass is 9.97. The van der Waals surface area contributed by atoms with E-state index in [2.05, 4.69) is 4.99 Å². The van der Waals surface area contributed by atoms with Gasteiger partial charge < -0.3 is 5.11 Å². The lowest BCUT2D eigenvalue weighted by Gasteiger charge is -2.14. The molecule has 0 bridgehead atoms. The Morgan fingerprint density at radius 1 is 1.36 bits per heavy atom. The van der Waals surface area contributed by atoms with Crippen molar-refractivity contribution in [3.63, 3.8) is 0 Å². The van der Waals surface area contributed by atoms with Gasteiger partial charge in [-0.3, -0.25) is 9.79 Å². The van der Waals surface area contributed by atoms with Crippen molar-refractivity contribution < 1.29 is 9.90 Å². The molecular formula is C11H17NO2.